The smallest absolute Gasteiger partial charge is 0.793 e. The zero-order chi connectivity index (χ0) is 4.12. The number of hydrogen-bond donors (Lipinski definition) is 0. The van der Waals surface area contributed by atoms with Gasteiger partial charge < -0.3 is 12.6 Å². The molecule has 0 aliphatic carbocycles. The number of rotatable bonds is 2. The maximum Gasteiger partial charge on any atom is 1.00 e. The first-order chi connectivity index (χ1) is 2.41. The molecule has 0 aromatic rings. The maximum absolute atomic E-state index is 10.9. The first kappa shape index (κ1) is 9.99. The molecule has 0 heterocycles. The van der Waals surface area contributed by atoms with Crippen molar-refractivity contribution in [3.63, 3.8) is 0 Å². The first-order valence-corrected chi connectivity index (χ1v) is 2.13. The van der Waals surface area contributed by atoms with Crippen LogP contribution >= 0.6 is 0 Å². The molecule has 0 aliphatic heterocycles. The van der Waals surface area contributed by atoms with Gasteiger partial charge in [-0.05, 0) is 6.42 Å². The Kier molecular flexibility index (Phi) is 15.5. The quantitative estimate of drug-likeness (QED) is 0.283. The molecule has 0 rings (SSSR count). The molecule has 0 atom stereocenters. The standard InChI is InChI=1S/C3H7FS.Li/c4-2-1-3-5;/h5H,1-3H2;/q;+1/p-1. The predicted octanol–water partition coefficient (Wildman–Crippen LogP) is -2.10. The van der Waals surface area contributed by atoms with Crippen molar-refractivity contribution in [2.75, 3.05) is 12.4 Å². The zero-order valence-electron chi connectivity index (χ0n) is 3.91. The molecule has 0 aliphatic rings. The molecule has 0 radical (unpaired) electrons. The van der Waals surface area contributed by atoms with Gasteiger partial charge in [-0.3, -0.25) is 4.39 Å². The van der Waals surface area contributed by atoms with Crippen molar-refractivity contribution < 1.29 is 23.3 Å². The van der Waals surface area contributed by atoms with E-state index in [0.717, 1.165) is 0 Å². The average molecular weight is 100 g/mol. The molecule has 0 saturated heterocycles. The van der Waals surface area contributed by atoms with E-state index in [1.807, 2.05) is 0 Å². The molecule has 0 amide bonds. The Morgan fingerprint density at radius 1 is 1.50 bits per heavy atom. The summed E-state index contributed by atoms with van der Waals surface area (Å²) < 4.78 is 10.9. The van der Waals surface area contributed by atoms with Crippen LogP contribution in [0.5, 0.6) is 0 Å². The zero-order valence-corrected chi connectivity index (χ0v) is 4.72. The van der Waals surface area contributed by atoms with Gasteiger partial charge in [-0.15, -0.1) is 0 Å². The van der Waals surface area contributed by atoms with Crippen LogP contribution in [0.1, 0.15) is 6.42 Å². The second-order valence-electron chi connectivity index (χ2n) is 0.747. The van der Waals surface area contributed by atoms with Crippen LogP contribution in [-0.2, 0) is 12.6 Å². The van der Waals surface area contributed by atoms with Crippen molar-refractivity contribution in [3.05, 3.63) is 0 Å². The van der Waals surface area contributed by atoms with Gasteiger partial charge in [0.15, 0.2) is 0 Å². The molecule has 0 aromatic heterocycles. The van der Waals surface area contributed by atoms with Gasteiger partial charge in [0.1, 0.15) is 0 Å². The molecule has 0 fully saturated rings. The molecule has 6 heavy (non-hydrogen) atoms. The summed E-state index contributed by atoms with van der Waals surface area (Å²) in [6.45, 7) is -0.260. The van der Waals surface area contributed by atoms with Crippen LogP contribution in [-0.4, -0.2) is 12.4 Å². The summed E-state index contributed by atoms with van der Waals surface area (Å²) >= 11 is 4.41. The van der Waals surface area contributed by atoms with Gasteiger partial charge in [-0.2, -0.15) is 5.75 Å². The minimum absolute atomic E-state index is 0. The van der Waals surface area contributed by atoms with Crippen LogP contribution < -0.4 is 18.9 Å². The Bertz CT molecular complexity index is 18.3. The molecule has 0 aromatic carbocycles. The van der Waals surface area contributed by atoms with E-state index < -0.39 is 0 Å². The Hall–Kier alpha value is 0.877. The van der Waals surface area contributed by atoms with E-state index in [9.17, 15) is 4.39 Å². The summed E-state index contributed by atoms with van der Waals surface area (Å²) in [5, 5.41) is 0. The van der Waals surface area contributed by atoms with Crippen LogP contribution in [0.3, 0.4) is 0 Å². The van der Waals surface area contributed by atoms with Crippen LogP contribution in [0.4, 0.5) is 4.39 Å². The topological polar surface area (TPSA) is 0 Å². The molecule has 0 unspecified atom stereocenters. The molecule has 32 valence electrons. The van der Waals surface area contributed by atoms with E-state index in [1.165, 1.54) is 0 Å². The van der Waals surface area contributed by atoms with Gasteiger partial charge in [0.25, 0.3) is 0 Å². The fourth-order valence-electron chi connectivity index (χ4n) is 0.0546. The molecule has 0 N–H and O–H groups in total. The van der Waals surface area contributed by atoms with Gasteiger partial charge in [-0.25, -0.2) is 0 Å². The van der Waals surface area contributed by atoms with Gasteiger partial charge in [0, 0.05) is 0 Å². The van der Waals surface area contributed by atoms with Crippen LogP contribution in [0, 0.1) is 0 Å². The number of halogens is 1. The van der Waals surface area contributed by atoms with Crippen molar-refractivity contribution >= 4 is 12.6 Å². The SMILES string of the molecule is FCCC[S-].[Li+]. The van der Waals surface area contributed by atoms with Crippen molar-refractivity contribution in [3.8, 4) is 0 Å². The van der Waals surface area contributed by atoms with E-state index in [2.05, 4.69) is 12.6 Å². The third-order valence-corrected chi connectivity index (χ3v) is 0.567. The maximum atomic E-state index is 10.9. The van der Waals surface area contributed by atoms with Crippen molar-refractivity contribution in [2.45, 2.75) is 6.42 Å². The summed E-state index contributed by atoms with van der Waals surface area (Å²) in [6, 6.07) is 0. The predicted molar refractivity (Wildman–Crippen MR) is 22.8 cm³/mol. The Balaban J connectivity index is 0. The average Bonchev–Trinajstić information content (AvgIpc) is 1.41. The molecule has 0 nitrogen and oxygen atoms in total. The molecule has 0 spiro atoms. The van der Waals surface area contributed by atoms with E-state index in [0.29, 0.717) is 12.2 Å². The first-order valence-electron chi connectivity index (χ1n) is 1.56. The second-order valence-corrected chi connectivity index (χ2v) is 1.15. The van der Waals surface area contributed by atoms with Gasteiger partial charge >= 0.3 is 18.9 Å². The minimum Gasteiger partial charge on any atom is -0.793 e. The molecule has 3 heteroatoms. The van der Waals surface area contributed by atoms with Gasteiger partial charge in [0.05, 0.1) is 6.67 Å². The Labute approximate surface area is 55.1 Å². The summed E-state index contributed by atoms with van der Waals surface area (Å²) in [4.78, 5) is 0. The Morgan fingerprint density at radius 3 is 2.00 bits per heavy atom. The molecular formula is C3H6FLiS. The van der Waals surface area contributed by atoms with E-state index in [4.69, 9.17) is 0 Å². The fourth-order valence-corrected chi connectivity index (χ4v) is 0.164. The second kappa shape index (κ2) is 9.30. The molecule has 0 saturated carbocycles. The number of hydrogen-bond acceptors (Lipinski definition) is 1. The van der Waals surface area contributed by atoms with E-state index >= 15 is 0 Å². The summed E-state index contributed by atoms with van der Waals surface area (Å²) in [5.41, 5.74) is 0. The van der Waals surface area contributed by atoms with E-state index in [1.54, 1.807) is 0 Å². The van der Waals surface area contributed by atoms with E-state index in [-0.39, 0.29) is 25.5 Å². The number of alkyl halides is 1. The Morgan fingerprint density at radius 2 is 2.00 bits per heavy atom. The van der Waals surface area contributed by atoms with Gasteiger partial charge in [-0.1, -0.05) is 0 Å². The summed E-state index contributed by atoms with van der Waals surface area (Å²) in [5.74, 6) is 0.552. The summed E-state index contributed by atoms with van der Waals surface area (Å²) in [7, 11) is 0. The normalized spacial score (nSPS) is 7.00. The van der Waals surface area contributed by atoms with Crippen LogP contribution in [0.25, 0.3) is 0 Å². The molecule has 0 bridgehead atoms. The van der Waals surface area contributed by atoms with Crippen LogP contribution in [0.2, 0.25) is 0 Å². The van der Waals surface area contributed by atoms with Crippen LogP contribution in [0.15, 0.2) is 0 Å². The summed E-state index contributed by atoms with van der Waals surface area (Å²) in [6.07, 6.45) is 0.537. The molecular weight excluding hydrogens is 94.0 g/mol. The monoisotopic (exact) mass is 100 g/mol. The minimum atomic E-state index is -0.260. The van der Waals surface area contributed by atoms with Crippen molar-refractivity contribution in [1.82, 2.24) is 0 Å². The van der Waals surface area contributed by atoms with Crippen molar-refractivity contribution in [1.29, 1.82) is 0 Å². The fraction of sp³-hybridized carbons (Fsp3) is 1.00. The van der Waals surface area contributed by atoms with Crippen molar-refractivity contribution in [2.24, 2.45) is 0 Å². The van der Waals surface area contributed by atoms with Gasteiger partial charge in [0.2, 0.25) is 0 Å². The third kappa shape index (κ3) is 8.86. The largest absolute Gasteiger partial charge is 1.00 e. The third-order valence-electron chi connectivity index (χ3n) is 0.278.